The third kappa shape index (κ3) is 6.21. The van der Waals surface area contributed by atoms with Gasteiger partial charge in [0.15, 0.2) is 0 Å². The molecule has 1 fully saturated rings. The van der Waals surface area contributed by atoms with Crippen LogP contribution in [0.25, 0.3) is 0 Å². The highest BCUT2D eigenvalue weighted by atomic mass is 16.5. The fraction of sp³-hybridized carbons (Fsp3) is 1.00. The van der Waals surface area contributed by atoms with Gasteiger partial charge in [-0.15, -0.1) is 0 Å². The second-order valence-corrected chi connectivity index (χ2v) is 5.80. The summed E-state index contributed by atoms with van der Waals surface area (Å²) in [6.07, 6.45) is 3.54. The second kappa shape index (κ2) is 9.70. The molecule has 1 aliphatic heterocycles. The van der Waals surface area contributed by atoms with Gasteiger partial charge < -0.3 is 19.9 Å². The SMILES string of the molecule is CCCNC(COCCC)C1CN(C)CCCN1C. The van der Waals surface area contributed by atoms with E-state index in [4.69, 9.17) is 4.74 Å². The van der Waals surface area contributed by atoms with Crippen LogP contribution in [0.1, 0.15) is 33.1 Å². The Labute approximate surface area is 119 Å². The van der Waals surface area contributed by atoms with Gasteiger partial charge in [-0.05, 0) is 53.0 Å². The largest absolute Gasteiger partial charge is 0.380 e. The van der Waals surface area contributed by atoms with Crippen LogP contribution in [0.4, 0.5) is 0 Å². The molecule has 0 aliphatic carbocycles. The summed E-state index contributed by atoms with van der Waals surface area (Å²) in [6, 6.07) is 0.993. The molecule has 0 aromatic heterocycles. The van der Waals surface area contributed by atoms with Crippen LogP contribution < -0.4 is 5.32 Å². The van der Waals surface area contributed by atoms with Crippen molar-refractivity contribution in [2.24, 2.45) is 0 Å². The van der Waals surface area contributed by atoms with Crippen LogP contribution >= 0.6 is 0 Å². The number of likely N-dealkylation sites (N-methyl/N-ethyl adjacent to an activating group) is 2. The molecule has 1 rings (SSSR count). The Morgan fingerprint density at radius 3 is 2.68 bits per heavy atom. The number of nitrogens with zero attached hydrogens (tertiary/aromatic N) is 2. The minimum absolute atomic E-state index is 0.442. The molecule has 1 aliphatic rings. The lowest BCUT2D eigenvalue weighted by atomic mass is 10.1. The van der Waals surface area contributed by atoms with Gasteiger partial charge in [0.2, 0.25) is 0 Å². The molecule has 0 aromatic carbocycles. The number of hydrogen-bond acceptors (Lipinski definition) is 4. The molecule has 19 heavy (non-hydrogen) atoms. The molecule has 4 heteroatoms. The van der Waals surface area contributed by atoms with E-state index in [1.807, 2.05) is 0 Å². The third-order valence-electron chi connectivity index (χ3n) is 3.88. The van der Waals surface area contributed by atoms with Crippen LogP contribution in [-0.4, -0.2) is 75.4 Å². The second-order valence-electron chi connectivity index (χ2n) is 5.80. The van der Waals surface area contributed by atoms with Crippen molar-refractivity contribution >= 4 is 0 Å². The molecule has 0 spiro atoms. The van der Waals surface area contributed by atoms with E-state index in [1.54, 1.807) is 0 Å². The average Bonchev–Trinajstić information content (AvgIpc) is 2.56. The maximum atomic E-state index is 5.81. The smallest absolute Gasteiger partial charge is 0.0635 e. The summed E-state index contributed by atoms with van der Waals surface area (Å²) in [5.41, 5.74) is 0. The molecule has 0 bridgehead atoms. The van der Waals surface area contributed by atoms with Gasteiger partial charge in [-0.1, -0.05) is 13.8 Å². The van der Waals surface area contributed by atoms with Crippen LogP contribution in [-0.2, 0) is 4.74 Å². The molecule has 114 valence electrons. The van der Waals surface area contributed by atoms with Gasteiger partial charge in [-0.3, -0.25) is 0 Å². The minimum Gasteiger partial charge on any atom is -0.380 e. The monoisotopic (exact) mass is 271 g/mol. The Bertz CT molecular complexity index is 225. The zero-order valence-corrected chi connectivity index (χ0v) is 13.3. The van der Waals surface area contributed by atoms with E-state index in [2.05, 4.69) is 43.1 Å². The Morgan fingerprint density at radius 1 is 1.21 bits per heavy atom. The third-order valence-corrected chi connectivity index (χ3v) is 3.88. The van der Waals surface area contributed by atoms with Crippen molar-refractivity contribution in [3.63, 3.8) is 0 Å². The number of rotatable bonds is 8. The lowest BCUT2D eigenvalue weighted by Gasteiger charge is -2.35. The Hall–Kier alpha value is -0.160. The summed E-state index contributed by atoms with van der Waals surface area (Å²) in [5, 5.41) is 3.68. The number of hydrogen-bond donors (Lipinski definition) is 1. The Kier molecular flexibility index (Phi) is 8.62. The van der Waals surface area contributed by atoms with Gasteiger partial charge in [-0.25, -0.2) is 0 Å². The predicted molar refractivity (Wildman–Crippen MR) is 81.7 cm³/mol. The highest BCUT2D eigenvalue weighted by Gasteiger charge is 2.28. The average molecular weight is 271 g/mol. The van der Waals surface area contributed by atoms with E-state index >= 15 is 0 Å². The number of nitrogens with one attached hydrogen (secondary N) is 1. The first-order chi connectivity index (χ1) is 9.19. The Balaban J connectivity index is 2.57. The molecular weight excluding hydrogens is 238 g/mol. The molecule has 0 aromatic rings. The highest BCUT2D eigenvalue weighted by Crippen LogP contribution is 2.11. The molecule has 0 amide bonds. The standard InChI is InChI=1S/C15H33N3O/c1-5-8-16-14(13-19-11-6-2)15-12-17(3)9-7-10-18(15)4/h14-16H,5-13H2,1-4H3. The number of ether oxygens (including phenoxy) is 1. The van der Waals surface area contributed by atoms with Crippen LogP contribution in [0, 0.1) is 0 Å². The van der Waals surface area contributed by atoms with Gasteiger partial charge in [0.1, 0.15) is 0 Å². The van der Waals surface area contributed by atoms with E-state index in [9.17, 15) is 0 Å². The fourth-order valence-corrected chi connectivity index (χ4v) is 2.73. The van der Waals surface area contributed by atoms with E-state index < -0.39 is 0 Å². The lowest BCUT2D eigenvalue weighted by molar-refractivity contribution is 0.0715. The fourth-order valence-electron chi connectivity index (χ4n) is 2.73. The van der Waals surface area contributed by atoms with E-state index in [1.165, 1.54) is 25.9 Å². The maximum absolute atomic E-state index is 5.81. The lowest BCUT2D eigenvalue weighted by Crippen LogP contribution is -2.54. The van der Waals surface area contributed by atoms with Crippen molar-refractivity contribution in [1.29, 1.82) is 0 Å². The summed E-state index contributed by atoms with van der Waals surface area (Å²) in [4.78, 5) is 4.96. The van der Waals surface area contributed by atoms with E-state index in [-0.39, 0.29) is 0 Å². The van der Waals surface area contributed by atoms with Crippen LogP contribution in [0.3, 0.4) is 0 Å². The molecular formula is C15H33N3O. The summed E-state index contributed by atoms with van der Waals surface area (Å²) in [6.45, 7) is 10.7. The topological polar surface area (TPSA) is 27.7 Å². The van der Waals surface area contributed by atoms with Gasteiger partial charge >= 0.3 is 0 Å². The van der Waals surface area contributed by atoms with Gasteiger partial charge in [0, 0.05) is 25.2 Å². The first-order valence-corrected chi connectivity index (χ1v) is 7.88. The molecule has 0 saturated carbocycles. The predicted octanol–water partition coefficient (Wildman–Crippen LogP) is 1.42. The first kappa shape index (κ1) is 16.9. The summed E-state index contributed by atoms with van der Waals surface area (Å²) in [5.74, 6) is 0. The Morgan fingerprint density at radius 2 is 2.00 bits per heavy atom. The van der Waals surface area contributed by atoms with Gasteiger partial charge in [0.05, 0.1) is 6.61 Å². The molecule has 2 atom stereocenters. The van der Waals surface area contributed by atoms with Crippen molar-refractivity contribution in [3.8, 4) is 0 Å². The molecule has 1 heterocycles. The van der Waals surface area contributed by atoms with Crippen LogP contribution in [0.15, 0.2) is 0 Å². The van der Waals surface area contributed by atoms with Crippen molar-refractivity contribution in [2.45, 2.75) is 45.2 Å². The van der Waals surface area contributed by atoms with Crippen molar-refractivity contribution < 1.29 is 4.74 Å². The molecule has 1 N–H and O–H groups in total. The normalized spacial score (nSPS) is 24.3. The summed E-state index contributed by atoms with van der Waals surface area (Å²) in [7, 11) is 4.49. The van der Waals surface area contributed by atoms with Gasteiger partial charge in [-0.2, -0.15) is 0 Å². The first-order valence-electron chi connectivity index (χ1n) is 7.88. The molecule has 4 nitrogen and oxygen atoms in total. The quantitative estimate of drug-likeness (QED) is 0.676. The summed E-state index contributed by atoms with van der Waals surface area (Å²) < 4.78 is 5.81. The van der Waals surface area contributed by atoms with Crippen LogP contribution in [0.5, 0.6) is 0 Å². The van der Waals surface area contributed by atoms with Crippen molar-refractivity contribution in [3.05, 3.63) is 0 Å². The zero-order chi connectivity index (χ0) is 14.1. The summed E-state index contributed by atoms with van der Waals surface area (Å²) >= 11 is 0. The minimum atomic E-state index is 0.442. The van der Waals surface area contributed by atoms with E-state index in [0.29, 0.717) is 12.1 Å². The molecule has 0 radical (unpaired) electrons. The highest BCUT2D eigenvalue weighted by molar-refractivity contribution is 4.87. The van der Waals surface area contributed by atoms with Crippen molar-refractivity contribution in [2.75, 3.05) is 53.5 Å². The maximum Gasteiger partial charge on any atom is 0.0635 e. The van der Waals surface area contributed by atoms with Crippen molar-refractivity contribution in [1.82, 2.24) is 15.1 Å². The molecule has 1 saturated heterocycles. The zero-order valence-electron chi connectivity index (χ0n) is 13.3. The van der Waals surface area contributed by atoms with E-state index in [0.717, 1.165) is 32.7 Å². The van der Waals surface area contributed by atoms with Crippen LogP contribution in [0.2, 0.25) is 0 Å². The molecule has 2 unspecified atom stereocenters. The van der Waals surface area contributed by atoms with Gasteiger partial charge in [0.25, 0.3) is 0 Å².